The van der Waals surface area contributed by atoms with Gasteiger partial charge in [-0.25, -0.2) is 4.39 Å². The predicted molar refractivity (Wildman–Crippen MR) is 64.7 cm³/mol. The Bertz CT molecular complexity index is 429. The molecule has 1 amide bonds. The number of nitrogens with one attached hydrogen (secondary N) is 1. The first kappa shape index (κ1) is 13.4. The molecule has 4 heteroatoms. The topological polar surface area (TPSA) is 38.3 Å². The standard InChI is InChI=1S/C13H16FNO2/c1-9(17-3)7-13(15-10(2)16)11-5-4-6-12(14)8-11/h4-9H,1-3H3,(H,15,16)/b13-7-. The average molecular weight is 237 g/mol. The van der Waals surface area contributed by atoms with Crippen LogP contribution in [0.3, 0.4) is 0 Å². The van der Waals surface area contributed by atoms with Gasteiger partial charge in [0, 0.05) is 25.3 Å². The van der Waals surface area contributed by atoms with Gasteiger partial charge in [0.25, 0.3) is 0 Å². The minimum absolute atomic E-state index is 0.167. The summed E-state index contributed by atoms with van der Waals surface area (Å²) in [6.07, 6.45) is 1.57. The van der Waals surface area contributed by atoms with Crippen LogP contribution >= 0.6 is 0 Å². The van der Waals surface area contributed by atoms with Crippen LogP contribution in [0.2, 0.25) is 0 Å². The molecule has 0 saturated carbocycles. The summed E-state index contributed by atoms with van der Waals surface area (Å²) in [7, 11) is 1.57. The molecule has 1 aromatic carbocycles. The van der Waals surface area contributed by atoms with Gasteiger partial charge >= 0.3 is 0 Å². The Morgan fingerprint density at radius 3 is 2.76 bits per heavy atom. The molecule has 1 N–H and O–H groups in total. The molecule has 1 rings (SSSR count). The summed E-state index contributed by atoms with van der Waals surface area (Å²) in [6, 6.07) is 6.05. The third-order valence-corrected chi connectivity index (χ3v) is 2.22. The third kappa shape index (κ3) is 4.36. The minimum Gasteiger partial charge on any atom is -0.378 e. The van der Waals surface area contributed by atoms with Crippen LogP contribution in [0.15, 0.2) is 30.3 Å². The second-order valence-electron chi connectivity index (χ2n) is 3.71. The maximum Gasteiger partial charge on any atom is 0.221 e. The summed E-state index contributed by atoms with van der Waals surface area (Å²) in [6.45, 7) is 3.24. The summed E-state index contributed by atoms with van der Waals surface area (Å²) < 4.78 is 18.2. The predicted octanol–water partition coefficient (Wildman–Crippen LogP) is 2.34. The van der Waals surface area contributed by atoms with Crippen molar-refractivity contribution in [2.24, 2.45) is 0 Å². The molecule has 1 aromatic rings. The van der Waals surface area contributed by atoms with E-state index in [2.05, 4.69) is 5.32 Å². The van der Waals surface area contributed by atoms with Gasteiger partial charge in [-0.3, -0.25) is 4.79 Å². The zero-order valence-corrected chi connectivity index (χ0v) is 10.2. The maximum atomic E-state index is 13.1. The molecule has 0 saturated heterocycles. The summed E-state index contributed by atoms with van der Waals surface area (Å²) >= 11 is 0. The molecule has 0 fully saturated rings. The van der Waals surface area contributed by atoms with Crippen LogP contribution in [0.4, 0.5) is 4.39 Å². The highest BCUT2D eigenvalue weighted by molar-refractivity contribution is 5.85. The van der Waals surface area contributed by atoms with Crippen LogP contribution in [0.25, 0.3) is 5.70 Å². The summed E-state index contributed by atoms with van der Waals surface area (Å²) in [5.74, 6) is -0.548. The fourth-order valence-corrected chi connectivity index (χ4v) is 1.36. The van der Waals surface area contributed by atoms with Crippen LogP contribution in [-0.2, 0) is 9.53 Å². The number of benzene rings is 1. The Balaban J connectivity index is 3.05. The van der Waals surface area contributed by atoms with Crippen molar-refractivity contribution in [2.75, 3.05) is 7.11 Å². The molecule has 3 nitrogen and oxygen atoms in total. The first-order chi connectivity index (χ1) is 8.02. The van der Waals surface area contributed by atoms with E-state index in [0.717, 1.165) is 0 Å². The van der Waals surface area contributed by atoms with Gasteiger partial charge in [-0.1, -0.05) is 12.1 Å². The third-order valence-electron chi connectivity index (χ3n) is 2.22. The van der Waals surface area contributed by atoms with Gasteiger partial charge < -0.3 is 10.1 Å². The Kier molecular flexibility index (Phi) is 4.84. The highest BCUT2D eigenvalue weighted by Gasteiger charge is 2.06. The molecule has 0 heterocycles. The SMILES string of the molecule is COC(C)/C=C(\NC(C)=O)c1cccc(F)c1. The van der Waals surface area contributed by atoms with Gasteiger partial charge in [0.1, 0.15) is 5.82 Å². The van der Waals surface area contributed by atoms with Crippen LogP contribution in [0.1, 0.15) is 19.4 Å². The van der Waals surface area contributed by atoms with Gasteiger partial charge in [0.15, 0.2) is 0 Å². The van der Waals surface area contributed by atoms with Crippen molar-refractivity contribution >= 4 is 11.6 Å². The zero-order valence-electron chi connectivity index (χ0n) is 10.2. The van der Waals surface area contributed by atoms with E-state index in [1.54, 1.807) is 25.3 Å². The number of hydrogen-bond acceptors (Lipinski definition) is 2. The summed E-state index contributed by atoms with van der Waals surface area (Å²) in [4.78, 5) is 11.1. The van der Waals surface area contributed by atoms with Gasteiger partial charge in [0.2, 0.25) is 5.91 Å². The van der Waals surface area contributed by atoms with Crippen LogP contribution < -0.4 is 5.32 Å². The van der Waals surface area contributed by atoms with Gasteiger partial charge in [0.05, 0.1) is 6.10 Å². The molecule has 0 aliphatic carbocycles. The zero-order chi connectivity index (χ0) is 12.8. The lowest BCUT2D eigenvalue weighted by Gasteiger charge is -2.11. The molecule has 0 spiro atoms. The van der Waals surface area contributed by atoms with Crippen molar-refractivity contribution in [3.05, 3.63) is 41.7 Å². The lowest BCUT2D eigenvalue weighted by atomic mass is 10.1. The Morgan fingerprint density at radius 2 is 2.24 bits per heavy atom. The minimum atomic E-state index is -0.344. The van der Waals surface area contributed by atoms with Gasteiger partial charge in [-0.05, 0) is 25.1 Å². The fourth-order valence-electron chi connectivity index (χ4n) is 1.36. The van der Waals surface area contributed by atoms with Gasteiger partial charge in [-0.2, -0.15) is 0 Å². The second-order valence-corrected chi connectivity index (χ2v) is 3.71. The number of methoxy groups -OCH3 is 1. The van der Waals surface area contributed by atoms with E-state index in [-0.39, 0.29) is 17.8 Å². The average Bonchev–Trinajstić information content (AvgIpc) is 2.27. The highest BCUT2D eigenvalue weighted by atomic mass is 19.1. The molecule has 0 aliphatic heterocycles. The number of amides is 1. The Hall–Kier alpha value is -1.68. The second kappa shape index (κ2) is 6.15. The number of carbonyl (C=O) groups excluding carboxylic acids is 1. The van der Waals surface area contributed by atoms with Crippen LogP contribution in [0, 0.1) is 5.82 Å². The smallest absolute Gasteiger partial charge is 0.221 e. The highest BCUT2D eigenvalue weighted by Crippen LogP contribution is 2.14. The number of hydrogen-bond donors (Lipinski definition) is 1. The molecular formula is C13H16FNO2. The van der Waals surface area contributed by atoms with Crippen molar-refractivity contribution in [3.63, 3.8) is 0 Å². The Morgan fingerprint density at radius 1 is 1.53 bits per heavy atom. The van der Waals surface area contributed by atoms with E-state index in [0.29, 0.717) is 11.3 Å². The van der Waals surface area contributed by atoms with Crippen LogP contribution in [0.5, 0.6) is 0 Å². The van der Waals surface area contributed by atoms with Crippen molar-refractivity contribution in [1.29, 1.82) is 0 Å². The quantitative estimate of drug-likeness (QED) is 0.872. The lowest BCUT2D eigenvalue weighted by molar-refractivity contribution is -0.117. The number of rotatable bonds is 4. The fraction of sp³-hybridized carbons (Fsp3) is 0.308. The Labute approximate surface area is 100 Å². The van der Waals surface area contributed by atoms with Crippen LogP contribution in [-0.4, -0.2) is 19.1 Å². The van der Waals surface area contributed by atoms with E-state index in [4.69, 9.17) is 4.74 Å². The van der Waals surface area contributed by atoms with E-state index in [1.165, 1.54) is 19.1 Å². The summed E-state index contributed by atoms with van der Waals surface area (Å²) in [5.41, 5.74) is 1.16. The lowest BCUT2D eigenvalue weighted by Crippen LogP contribution is -2.20. The number of ether oxygens (including phenoxy) is 1. The van der Waals surface area contributed by atoms with E-state index in [1.807, 2.05) is 6.92 Å². The van der Waals surface area contributed by atoms with Crippen molar-refractivity contribution < 1.29 is 13.9 Å². The number of carbonyl (C=O) groups is 1. The molecule has 0 aliphatic rings. The molecule has 0 bridgehead atoms. The van der Waals surface area contributed by atoms with Crippen molar-refractivity contribution in [1.82, 2.24) is 5.32 Å². The van der Waals surface area contributed by atoms with E-state index in [9.17, 15) is 9.18 Å². The van der Waals surface area contributed by atoms with Crippen molar-refractivity contribution in [3.8, 4) is 0 Å². The van der Waals surface area contributed by atoms with Gasteiger partial charge in [-0.15, -0.1) is 0 Å². The monoisotopic (exact) mass is 237 g/mol. The molecule has 1 unspecified atom stereocenters. The molecule has 1 atom stereocenters. The first-order valence-electron chi connectivity index (χ1n) is 5.31. The maximum absolute atomic E-state index is 13.1. The molecule has 92 valence electrons. The molecule has 17 heavy (non-hydrogen) atoms. The summed E-state index contributed by atoms with van der Waals surface area (Å²) in [5, 5.41) is 2.66. The van der Waals surface area contributed by atoms with E-state index < -0.39 is 0 Å². The molecule has 0 radical (unpaired) electrons. The first-order valence-corrected chi connectivity index (χ1v) is 5.31. The molecule has 0 aromatic heterocycles. The largest absolute Gasteiger partial charge is 0.378 e. The number of halogens is 1. The van der Waals surface area contributed by atoms with Crippen molar-refractivity contribution in [2.45, 2.75) is 20.0 Å². The normalized spacial score (nSPS) is 13.3. The molecular weight excluding hydrogens is 221 g/mol. The van der Waals surface area contributed by atoms with E-state index >= 15 is 0 Å².